The van der Waals surface area contributed by atoms with Crippen LogP contribution in [0.3, 0.4) is 0 Å². The van der Waals surface area contributed by atoms with Gasteiger partial charge >= 0.3 is 0 Å². The lowest BCUT2D eigenvalue weighted by Crippen LogP contribution is -2.32. The van der Waals surface area contributed by atoms with Crippen LogP contribution in [0.15, 0.2) is 18.2 Å². The van der Waals surface area contributed by atoms with Crippen molar-refractivity contribution < 1.29 is 4.39 Å². The number of rotatable bonds is 7. The highest BCUT2D eigenvalue weighted by molar-refractivity contribution is 6.31. The molecular weight excluding hydrogens is 261 g/mol. The highest BCUT2D eigenvalue weighted by Gasteiger charge is 2.24. The molecule has 108 valence electrons. The van der Waals surface area contributed by atoms with Crippen molar-refractivity contribution in [2.24, 2.45) is 5.41 Å². The van der Waals surface area contributed by atoms with Crippen LogP contribution in [0.5, 0.6) is 0 Å². The minimum atomic E-state index is -0.199. The van der Waals surface area contributed by atoms with Crippen molar-refractivity contribution in [2.45, 2.75) is 53.0 Å². The van der Waals surface area contributed by atoms with E-state index in [1.807, 2.05) is 0 Å². The number of hydrogen-bond acceptors (Lipinski definition) is 1. The molecule has 1 unspecified atom stereocenters. The van der Waals surface area contributed by atoms with Crippen LogP contribution in [0.2, 0.25) is 5.02 Å². The molecule has 0 saturated heterocycles. The van der Waals surface area contributed by atoms with Gasteiger partial charge in [-0.25, -0.2) is 4.39 Å². The first-order chi connectivity index (χ1) is 8.85. The lowest BCUT2D eigenvalue weighted by Gasteiger charge is -2.29. The van der Waals surface area contributed by atoms with E-state index in [-0.39, 0.29) is 11.2 Å². The van der Waals surface area contributed by atoms with E-state index >= 15 is 0 Å². The fourth-order valence-electron chi connectivity index (χ4n) is 2.54. The minimum Gasteiger partial charge on any atom is -0.314 e. The Morgan fingerprint density at radius 2 is 2.05 bits per heavy atom. The highest BCUT2D eigenvalue weighted by Crippen LogP contribution is 2.31. The van der Waals surface area contributed by atoms with Gasteiger partial charge in [0.1, 0.15) is 5.82 Å². The van der Waals surface area contributed by atoms with Crippen LogP contribution in [0.4, 0.5) is 4.39 Å². The molecule has 1 aromatic carbocycles. The van der Waals surface area contributed by atoms with E-state index in [1.54, 1.807) is 12.1 Å². The summed E-state index contributed by atoms with van der Waals surface area (Å²) in [6.45, 7) is 9.70. The average molecular weight is 286 g/mol. The summed E-state index contributed by atoms with van der Waals surface area (Å²) in [5.41, 5.74) is 0.656. The molecule has 1 rings (SSSR count). The van der Waals surface area contributed by atoms with E-state index in [4.69, 9.17) is 11.6 Å². The third-order valence-corrected chi connectivity index (χ3v) is 3.67. The molecule has 0 aliphatic carbocycles. The van der Waals surface area contributed by atoms with Gasteiger partial charge in [0.2, 0.25) is 0 Å². The van der Waals surface area contributed by atoms with Gasteiger partial charge in [-0.1, -0.05) is 38.4 Å². The zero-order chi connectivity index (χ0) is 14.5. The molecule has 0 spiro atoms. The van der Waals surface area contributed by atoms with E-state index in [9.17, 15) is 4.39 Å². The fourth-order valence-corrected chi connectivity index (χ4v) is 2.77. The summed E-state index contributed by atoms with van der Waals surface area (Å²) in [5, 5.41) is 4.01. The first-order valence-corrected chi connectivity index (χ1v) is 7.40. The minimum absolute atomic E-state index is 0.0198. The zero-order valence-electron chi connectivity index (χ0n) is 12.4. The largest absolute Gasteiger partial charge is 0.314 e. The maximum atomic E-state index is 13.8. The van der Waals surface area contributed by atoms with Gasteiger partial charge in [0.15, 0.2) is 0 Å². The van der Waals surface area contributed by atoms with Gasteiger partial charge in [-0.15, -0.1) is 0 Å². The summed E-state index contributed by atoms with van der Waals surface area (Å²) in [6.07, 6.45) is 2.79. The normalized spacial score (nSPS) is 13.6. The quantitative estimate of drug-likeness (QED) is 0.757. The van der Waals surface area contributed by atoms with Gasteiger partial charge in [-0.2, -0.15) is 0 Å². The molecule has 19 heavy (non-hydrogen) atoms. The summed E-state index contributed by atoms with van der Waals surface area (Å²) in [7, 11) is 0. The first kappa shape index (κ1) is 16.5. The molecule has 0 amide bonds. The molecule has 1 aromatic rings. The molecule has 1 N–H and O–H groups in total. The van der Waals surface area contributed by atoms with Gasteiger partial charge in [0, 0.05) is 16.6 Å². The van der Waals surface area contributed by atoms with Gasteiger partial charge in [0.05, 0.1) is 0 Å². The molecule has 3 heteroatoms. The number of hydrogen-bond donors (Lipinski definition) is 1. The van der Waals surface area contributed by atoms with Gasteiger partial charge in [-0.3, -0.25) is 0 Å². The molecule has 0 saturated carbocycles. The Balaban J connectivity index is 2.68. The van der Waals surface area contributed by atoms with Crippen LogP contribution in [0.1, 0.15) is 46.1 Å². The molecule has 0 aliphatic heterocycles. The predicted octanol–water partition coefficient (Wildman–Crippen LogP) is 4.83. The van der Waals surface area contributed by atoms with Crippen LogP contribution >= 0.6 is 11.6 Å². The Hall–Kier alpha value is -0.600. The Bertz CT molecular complexity index is 383. The van der Waals surface area contributed by atoms with Crippen LogP contribution in [0, 0.1) is 11.2 Å². The Morgan fingerprint density at radius 3 is 2.63 bits per heavy atom. The summed E-state index contributed by atoms with van der Waals surface area (Å²) >= 11 is 6.10. The molecule has 0 radical (unpaired) electrons. The van der Waals surface area contributed by atoms with Crippen LogP contribution in [-0.4, -0.2) is 12.6 Å². The van der Waals surface area contributed by atoms with E-state index in [0.717, 1.165) is 19.4 Å². The van der Waals surface area contributed by atoms with Crippen LogP contribution < -0.4 is 5.32 Å². The van der Waals surface area contributed by atoms with Crippen molar-refractivity contribution in [2.75, 3.05) is 6.54 Å². The van der Waals surface area contributed by atoms with Crippen molar-refractivity contribution in [1.82, 2.24) is 5.32 Å². The highest BCUT2D eigenvalue weighted by atomic mass is 35.5. The topological polar surface area (TPSA) is 12.0 Å². The lowest BCUT2D eigenvalue weighted by atomic mass is 9.80. The second-order valence-corrected chi connectivity index (χ2v) is 6.51. The average Bonchev–Trinajstić information content (AvgIpc) is 2.31. The molecule has 0 fully saturated rings. The Kier molecular flexibility index (Phi) is 6.28. The molecule has 0 bridgehead atoms. The summed E-state index contributed by atoms with van der Waals surface area (Å²) < 4.78 is 13.8. The summed E-state index contributed by atoms with van der Waals surface area (Å²) in [4.78, 5) is 0. The molecule has 1 atom stereocenters. The third-order valence-electron chi connectivity index (χ3n) is 3.32. The number of halogens is 2. The van der Waals surface area contributed by atoms with Crippen LogP contribution in [-0.2, 0) is 6.42 Å². The van der Waals surface area contributed by atoms with E-state index in [1.165, 1.54) is 6.07 Å². The molecule has 0 aromatic heterocycles. The third kappa shape index (κ3) is 5.50. The molecule has 1 nitrogen and oxygen atoms in total. The smallest absolute Gasteiger partial charge is 0.127 e. The maximum absolute atomic E-state index is 13.8. The molecular formula is C16H25ClFN. The summed E-state index contributed by atoms with van der Waals surface area (Å²) in [5.74, 6) is -0.199. The van der Waals surface area contributed by atoms with Crippen molar-refractivity contribution in [1.29, 1.82) is 0 Å². The zero-order valence-corrected chi connectivity index (χ0v) is 13.1. The summed E-state index contributed by atoms with van der Waals surface area (Å²) in [6, 6.07) is 5.32. The standard InChI is InChI=1S/C16H25ClFN/c1-5-9-19-12(2)10-16(3,4)11-13-14(17)7-6-8-15(13)18/h6-8,12,19H,5,9-11H2,1-4H3. The van der Waals surface area contributed by atoms with Crippen molar-refractivity contribution in [3.05, 3.63) is 34.6 Å². The SMILES string of the molecule is CCCNC(C)CC(C)(C)Cc1c(F)cccc1Cl. The second-order valence-electron chi connectivity index (χ2n) is 6.10. The molecule has 0 aliphatic rings. The van der Waals surface area contributed by atoms with E-state index in [2.05, 4.69) is 33.0 Å². The van der Waals surface area contributed by atoms with Gasteiger partial charge in [0.25, 0.3) is 0 Å². The predicted molar refractivity (Wildman–Crippen MR) is 81.3 cm³/mol. The van der Waals surface area contributed by atoms with Gasteiger partial charge < -0.3 is 5.32 Å². The Morgan fingerprint density at radius 1 is 1.37 bits per heavy atom. The van der Waals surface area contributed by atoms with Gasteiger partial charge in [-0.05, 0) is 50.3 Å². The lowest BCUT2D eigenvalue weighted by molar-refractivity contribution is 0.284. The van der Waals surface area contributed by atoms with Crippen molar-refractivity contribution >= 4 is 11.6 Å². The van der Waals surface area contributed by atoms with Crippen molar-refractivity contribution in [3.8, 4) is 0 Å². The Labute approximate surface area is 121 Å². The second kappa shape index (κ2) is 7.25. The number of benzene rings is 1. The van der Waals surface area contributed by atoms with E-state index in [0.29, 0.717) is 23.0 Å². The first-order valence-electron chi connectivity index (χ1n) is 7.02. The van der Waals surface area contributed by atoms with E-state index < -0.39 is 0 Å². The fraction of sp³-hybridized carbons (Fsp3) is 0.625. The monoisotopic (exact) mass is 285 g/mol. The van der Waals surface area contributed by atoms with Crippen molar-refractivity contribution in [3.63, 3.8) is 0 Å². The van der Waals surface area contributed by atoms with Crippen LogP contribution in [0.25, 0.3) is 0 Å². The number of nitrogens with one attached hydrogen (secondary N) is 1. The molecule has 0 heterocycles. The maximum Gasteiger partial charge on any atom is 0.127 e.